The smallest absolute Gasteiger partial charge is 0.174 e. The molecule has 0 aromatic carbocycles. The molecule has 1 aromatic rings. The van der Waals surface area contributed by atoms with Crippen molar-refractivity contribution >= 4 is 23.1 Å². The van der Waals surface area contributed by atoms with Gasteiger partial charge in [0.1, 0.15) is 5.01 Å². The van der Waals surface area contributed by atoms with E-state index in [9.17, 15) is 0 Å². The molecule has 1 N–H and O–H groups in total. The molecule has 0 atom stereocenters. The molecule has 0 radical (unpaired) electrons. The molecule has 1 heterocycles. The molecular weight excluding hydrogens is 238 g/mol. The highest BCUT2D eigenvalue weighted by atomic mass is 32.2. The van der Waals surface area contributed by atoms with Crippen LogP contribution in [0.3, 0.4) is 0 Å². The van der Waals surface area contributed by atoms with Crippen molar-refractivity contribution in [3.05, 3.63) is 5.01 Å². The van der Waals surface area contributed by atoms with Gasteiger partial charge >= 0.3 is 0 Å². The van der Waals surface area contributed by atoms with Crippen molar-refractivity contribution in [1.29, 1.82) is 0 Å². The molecule has 0 aliphatic heterocycles. The normalized spacial score (nSPS) is 17.8. The number of aromatic nitrogens is 2. The van der Waals surface area contributed by atoms with Crippen LogP contribution in [0.25, 0.3) is 0 Å². The minimum atomic E-state index is 0.769. The largest absolute Gasteiger partial charge is 0.313 e. The zero-order valence-electron chi connectivity index (χ0n) is 9.74. The molecule has 1 saturated carbocycles. The van der Waals surface area contributed by atoms with Crippen molar-refractivity contribution < 1.29 is 0 Å². The van der Waals surface area contributed by atoms with Crippen molar-refractivity contribution in [3.8, 4) is 0 Å². The first-order valence-corrected chi connectivity index (χ1v) is 7.81. The van der Waals surface area contributed by atoms with E-state index in [4.69, 9.17) is 0 Å². The Morgan fingerprint density at radius 2 is 2.12 bits per heavy atom. The van der Waals surface area contributed by atoms with Crippen LogP contribution in [-0.2, 0) is 0 Å². The standard InChI is InChI=1S/C11H19N3S2/c1-9-13-14-11(16-9)15-8-7-12-10-5-3-2-4-6-10/h10,12H,2-8H2,1H3. The fourth-order valence-electron chi connectivity index (χ4n) is 2.04. The molecule has 2 rings (SSSR count). The van der Waals surface area contributed by atoms with Gasteiger partial charge < -0.3 is 5.32 Å². The summed E-state index contributed by atoms with van der Waals surface area (Å²) in [6.07, 6.45) is 6.96. The lowest BCUT2D eigenvalue weighted by Crippen LogP contribution is -2.32. The topological polar surface area (TPSA) is 37.8 Å². The molecule has 1 aromatic heterocycles. The Kier molecular flexibility index (Phi) is 5.06. The van der Waals surface area contributed by atoms with E-state index >= 15 is 0 Å². The molecule has 1 aliphatic carbocycles. The van der Waals surface area contributed by atoms with Crippen LogP contribution in [0.2, 0.25) is 0 Å². The molecular formula is C11H19N3S2. The van der Waals surface area contributed by atoms with E-state index in [-0.39, 0.29) is 0 Å². The van der Waals surface area contributed by atoms with Gasteiger partial charge in [-0.15, -0.1) is 10.2 Å². The molecule has 0 spiro atoms. The quantitative estimate of drug-likeness (QED) is 0.650. The van der Waals surface area contributed by atoms with Gasteiger partial charge in [0.2, 0.25) is 0 Å². The predicted molar refractivity (Wildman–Crippen MR) is 70.2 cm³/mol. The van der Waals surface area contributed by atoms with E-state index < -0.39 is 0 Å². The summed E-state index contributed by atoms with van der Waals surface area (Å²) in [6.45, 7) is 3.09. The van der Waals surface area contributed by atoms with Gasteiger partial charge in [-0.05, 0) is 19.8 Å². The molecule has 1 fully saturated rings. The molecule has 0 amide bonds. The summed E-state index contributed by atoms with van der Waals surface area (Å²) >= 11 is 3.50. The molecule has 0 unspecified atom stereocenters. The van der Waals surface area contributed by atoms with Crippen molar-refractivity contribution in [1.82, 2.24) is 15.5 Å². The van der Waals surface area contributed by atoms with E-state index in [1.807, 2.05) is 18.7 Å². The van der Waals surface area contributed by atoms with Crippen LogP contribution in [0.1, 0.15) is 37.1 Å². The number of hydrogen-bond acceptors (Lipinski definition) is 5. The summed E-state index contributed by atoms with van der Waals surface area (Å²) in [5.74, 6) is 1.10. The molecule has 90 valence electrons. The van der Waals surface area contributed by atoms with Gasteiger partial charge in [0.25, 0.3) is 0 Å². The fourth-order valence-corrected chi connectivity index (χ4v) is 3.80. The van der Waals surface area contributed by atoms with Gasteiger partial charge in [0.15, 0.2) is 4.34 Å². The zero-order valence-corrected chi connectivity index (χ0v) is 11.4. The second kappa shape index (κ2) is 6.57. The SMILES string of the molecule is Cc1nnc(SCCNC2CCCCC2)s1. The van der Waals surface area contributed by atoms with E-state index in [2.05, 4.69) is 15.5 Å². The third-order valence-corrected chi connectivity index (χ3v) is 4.85. The van der Waals surface area contributed by atoms with Gasteiger partial charge in [-0.3, -0.25) is 0 Å². The van der Waals surface area contributed by atoms with Gasteiger partial charge in [0.05, 0.1) is 0 Å². The summed E-state index contributed by atoms with van der Waals surface area (Å²) in [6, 6.07) is 0.769. The van der Waals surface area contributed by atoms with Crippen LogP contribution in [0, 0.1) is 6.92 Å². The molecule has 0 bridgehead atoms. The Balaban J connectivity index is 1.57. The average Bonchev–Trinajstić information content (AvgIpc) is 2.72. The number of rotatable bonds is 5. The lowest BCUT2D eigenvalue weighted by molar-refractivity contribution is 0.381. The van der Waals surface area contributed by atoms with E-state index in [0.717, 1.165) is 27.7 Å². The monoisotopic (exact) mass is 257 g/mol. The highest BCUT2D eigenvalue weighted by Crippen LogP contribution is 2.21. The number of aryl methyl sites for hydroxylation is 1. The van der Waals surface area contributed by atoms with Gasteiger partial charge in [-0.1, -0.05) is 42.4 Å². The molecule has 16 heavy (non-hydrogen) atoms. The highest BCUT2D eigenvalue weighted by molar-refractivity contribution is 8.01. The second-order valence-electron chi connectivity index (χ2n) is 4.22. The van der Waals surface area contributed by atoms with Crippen LogP contribution in [0.4, 0.5) is 0 Å². The molecule has 1 aliphatic rings. The van der Waals surface area contributed by atoms with Gasteiger partial charge in [-0.25, -0.2) is 0 Å². The van der Waals surface area contributed by atoms with Crippen LogP contribution in [0.15, 0.2) is 4.34 Å². The predicted octanol–water partition coefficient (Wildman–Crippen LogP) is 2.86. The van der Waals surface area contributed by atoms with E-state index in [1.54, 1.807) is 11.3 Å². The second-order valence-corrected chi connectivity index (χ2v) is 6.75. The van der Waals surface area contributed by atoms with Crippen molar-refractivity contribution in [2.45, 2.75) is 49.4 Å². The highest BCUT2D eigenvalue weighted by Gasteiger charge is 2.11. The minimum absolute atomic E-state index is 0.769. The van der Waals surface area contributed by atoms with Crippen molar-refractivity contribution in [3.63, 3.8) is 0 Å². The van der Waals surface area contributed by atoms with Gasteiger partial charge in [0, 0.05) is 18.3 Å². The summed E-state index contributed by atoms with van der Waals surface area (Å²) < 4.78 is 1.10. The van der Waals surface area contributed by atoms with E-state index in [1.165, 1.54) is 32.1 Å². The third kappa shape index (κ3) is 4.03. The Morgan fingerprint density at radius 1 is 1.31 bits per heavy atom. The fraction of sp³-hybridized carbons (Fsp3) is 0.818. The first-order chi connectivity index (χ1) is 7.84. The van der Waals surface area contributed by atoms with Crippen LogP contribution in [-0.4, -0.2) is 28.5 Å². The maximum absolute atomic E-state index is 4.10. The molecule has 0 saturated heterocycles. The Hall–Kier alpha value is -0.130. The number of hydrogen-bond donors (Lipinski definition) is 1. The summed E-state index contributed by atoms with van der Waals surface area (Å²) in [5.41, 5.74) is 0. The van der Waals surface area contributed by atoms with E-state index in [0.29, 0.717) is 0 Å². The Morgan fingerprint density at radius 3 is 2.81 bits per heavy atom. The van der Waals surface area contributed by atoms with Crippen molar-refractivity contribution in [2.75, 3.05) is 12.3 Å². The number of nitrogens with zero attached hydrogens (tertiary/aromatic N) is 2. The number of nitrogens with one attached hydrogen (secondary N) is 1. The number of thioether (sulfide) groups is 1. The van der Waals surface area contributed by atoms with Crippen LogP contribution in [0.5, 0.6) is 0 Å². The molecule has 3 nitrogen and oxygen atoms in total. The Labute approximate surface area is 105 Å². The van der Waals surface area contributed by atoms with Gasteiger partial charge in [-0.2, -0.15) is 0 Å². The first kappa shape index (κ1) is 12.3. The summed E-state index contributed by atoms with van der Waals surface area (Å²) in [7, 11) is 0. The van der Waals surface area contributed by atoms with Crippen LogP contribution >= 0.6 is 23.1 Å². The first-order valence-electron chi connectivity index (χ1n) is 6.01. The lowest BCUT2D eigenvalue weighted by Gasteiger charge is -2.22. The Bertz CT molecular complexity index is 308. The third-order valence-electron chi connectivity index (χ3n) is 2.87. The maximum atomic E-state index is 4.10. The minimum Gasteiger partial charge on any atom is -0.313 e. The zero-order chi connectivity index (χ0) is 11.2. The summed E-state index contributed by atoms with van der Waals surface area (Å²) in [4.78, 5) is 0. The summed E-state index contributed by atoms with van der Waals surface area (Å²) in [5, 5.41) is 12.8. The van der Waals surface area contributed by atoms with Crippen LogP contribution < -0.4 is 5.32 Å². The molecule has 5 heteroatoms. The van der Waals surface area contributed by atoms with Crippen molar-refractivity contribution in [2.24, 2.45) is 0 Å². The lowest BCUT2D eigenvalue weighted by atomic mass is 9.96. The maximum Gasteiger partial charge on any atom is 0.174 e. The average molecular weight is 257 g/mol.